The average molecular weight is 289 g/mol. The van der Waals surface area contributed by atoms with Crippen LogP contribution in [0.5, 0.6) is 0 Å². The van der Waals surface area contributed by atoms with E-state index in [1.165, 1.54) is 12.8 Å². The van der Waals surface area contributed by atoms with Crippen LogP contribution in [0.15, 0.2) is 12.1 Å². The van der Waals surface area contributed by atoms with Gasteiger partial charge in [-0.2, -0.15) is 0 Å². The number of carbonyl (C=O) groups is 1. The number of rotatable bonds is 4. The van der Waals surface area contributed by atoms with Crippen molar-refractivity contribution in [1.82, 2.24) is 15.2 Å². The summed E-state index contributed by atoms with van der Waals surface area (Å²) in [5.74, 6) is 0.671. The van der Waals surface area contributed by atoms with E-state index < -0.39 is 0 Å². The molecular formula is C17H27N3O. The maximum absolute atomic E-state index is 12.9. The molecule has 0 bridgehead atoms. The Bertz CT molecular complexity index is 493. The summed E-state index contributed by atoms with van der Waals surface area (Å²) >= 11 is 0. The predicted molar refractivity (Wildman–Crippen MR) is 85.5 cm³/mol. The van der Waals surface area contributed by atoms with Gasteiger partial charge in [0.1, 0.15) is 0 Å². The number of aromatic nitrogens is 1. The van der Waals surface area contributed by atoms with Crippen LogP contribution in [0.3, 0.4) is 0 Å². The summed E-state index contributed by atoms with van der Waals surface area (Å²) in [7, 11) is 0. The van der Waals surface area contributed by atoms with E-state index in [-0.39, 0.29) is 11.9 Å². The molecule has 4 heteroatoms. The topological polar surface area (TPSA) is 45.2 Å². The first kappa shape index (κ1) is 16.0. The van der Waals surface area contributed by atoms with E-state index >= 15 is 0 Å². The van der Waals surface area contributed by atoms with Crippen LogP contribution in [0.2, 0.25) is 0 Å². The van der Waals surface area contributed by atoms with Crippen molar-refractivity contribution in [2.45, 2.75) is 46.6 Å². The van der Waals surface area contributed by atoms with Gasteiger partial charge in [-0.05, 0) is 71.7 Å². The van der Waals surface area contributed by atoms with Crippen LogP contribution >= 0.6 is 0 Å². The van der Waals surface area contributed by atoms with Crippen LogP contribution in [0.4, 0.5) is 0 Å². The number of aryl methyl sites for hydroxylation is 2. The lowest BCUT2D eigenvalue weighted by molar-refractivity contribution is 0.0659. The number of nitrogens with zero attached hydrogens (tertiary/aromatic N) is 2. The van der Waals surface area contributed by atoms with E-state index in [1.807, 2.05) is 30.9 Å². The molecule has 1 atom stereocenters. The highest BCUT2D eigenvalue weighted by Crippen LogP contribution is 2.17. The van der Waals surface area contributed by atoms with Crippen molar-refractivity contribution in [3.8, 4) is 0 Å². The van der Waals surface area contributed by atoms with Gasteiger partial charge in [-0.25, -0.2) is 0 Å². The summed E-state index contributed by atoms with van der Waals surface area (Å²) in [6.45, 7) is 11.0. The summed E-state index contributed by atoms with van der Waals surface area (Å²) < 4.78 is 0. The smallest absolute Gasteiger partial charge is 0.255 e. The van der Waals surface area contributed by atoms with Crippen LogP contribution < -0.4 is 5.32 Å². The predicted octanol–water partition coefficient (Wildman–Crippen LogP) is 2.55. The fraction of sp³-hybridized carbons (Fsp3) is 0.647. The summed E-state index contributed by atoms with van der Waals surface area (Å²) in [6, 6.07) is 4.04. The van der Waals surface area contributed by atoms with Gasteiger partial charge in [0.05, 0.1) is 11.3 Å². The minimum Gasteiger partial charge on any atom is -0.336 e. The van der Waals surface area contributed by atoms with Gasteiger partial charge in [0, 0.05) is 18.3 Å². The van der Waals surface area contributed by atoms with Gasteiger partial charge in [-0.3, -0.25) is 9.78 Å². The van der Waals surface area contributed by atoms with Crippen LogP contribution in [0, 0.1) is 19.8 Å². The molecule has 1 amide bonds. The molecule has 2 rings (SSSR count). The number of carbonyl (C=O) groups excluding carboxylic acids is 1. The molecule has 4 nitrogen and oxygen atoms in total. The van der Waals surface area contributed by atoms with Crippen molar-refractivity contribution in [3.05, 3.63) is 29.1 Å². The molecule has 0 aromatic carbocycles. The van der Waals surface area contributed by atoms with E-state index in [9.17, 15) is 4.79 Å². The second kappa shape index (κ2) is 7.03. The van der Waals surface area contributed by atoms with Crippen molar-refractivity contribution in [2.24, 2.45) is 5.92 Å². The first-order valence-electron chi connectivity index (χ1n) is 7.95. The number of nitrogens with one attached hydrogen (secondary N) is 1. The zero-order chi connectivity index (χ0) is 15.4. The number of piperidine rings is 1. The Morgan fingerprint density at radius 2 is 2.19 bits per heavy atom. The number of hydrogen-bond donors (Lipinski definition) is 1. The fourth-order valence-electron chi connectivity index (χ4n) is 2.95. The molecule has 1 aromatic rings. The normalized spacial score (nSPS) is 18.8. The van der Waals surface area contributed by atoms with Crippen molar-refractivity contribution in [1.29, 1.82) is 0 Å². The van der Waals surface area contributed by atoms with E-state index in [4.69, 9.17) is 0 Å². The largest absolute Gasteiger partial charge is 0.336 e. The molecule has 2 heterocycles. The van der Waals surface area contributed by atoms with Gasteiger partial charge < -0.3 is 10.2 Å². The highest BCUT2D eigenvalue weighted by Gasteiger charge is 2.25. The molecule has 1 saturated heterocycles. The summed E-state index contributed by atoms with van der Waals surface area (Å²) in [6.07, 6.45) is 2.41. The van der Waals surface area contributed by atoms with Gasteiger partial charge in [-0.15, -0.1) is 0 Å². The monoisotopic (exact) mass is 289 g/mol. The number of amides is 1. The minimum absolute atomic E-state index is 0.112. The van der Waals surface area contributed by atoms with Crippen molar-refractivity contribution >= 4 is 5.91 Å². The van der Waals surface area contributed by atoms with Gasteiger partial charge in [-0.1, -0.05) is 0 Å². The highest BCUT2D eigenvalue weighted by molar-refractivity contribution is 5.95. The molecule has 1 fully saturated rings. The van der Waals surface area contributed by atoms with Gasteiger partial charge in [0.15, 0.2) is 0 Å². The zero-order valence-electron chi connectivity index (χ0n) is 13.6. The Balaban J connectivity index is 2.14. The molecule has 0 spiro atoms. The highest BCUT2D eigenvalue weighted by atomic mass is 16.2. The Kier molecular flexibility index (Phi) is 5.34. The summed E-state index contributed by atoms with van der Waals surface area (Å²) in [4.78, 5) is 19.3. The first-order valence-corrected chi connectivity index (χ1v) is 7.95. The molecule has 1 unspecified atom stereocenters. The molecule has 0 radical (unpaired) electrons. The maximum atomic E-state index is 12.9. The van der Waals surface area contributed by atoms with Crippen LogP contribution in [-0.2, 0) is 0 Å². The SMILES string of the molecule is Cc1ccc(C(=O)N(CC2CCCNC2)C(C)C)c(C)n1. The third kappa shape index (κ3) is 4.03. The lowest BCUT2D eigenvalue weighted by Crippen LogP contribution is -2.44. The van der Waals surface area contributed by atoms with Crippen LogP contribution in [0.25, 0.3) is 0 Å². The zero-order valence-corrected chi connectivity index (χ0v) is 13.6. The van der Waals surface area contributed by atoms with E-state index in [0.717, 1.165) is 36.6 Å². The summed E-state index contributed by atoms with van der Waals surface area (Å²) in [5, 5.41) is 3.43. The fourth-order valence-corrected chi connectivity index (χ4v) is 2.95. The van der Waals surface area contributed by atoms with Gasteiger partial charge >= 0.3 is 0 Å². The molecule has 0 saturated carbocycles. The first-order chi connectivity index (χ1) is 9.99. The van der Waals surface area contributed by atoms with Crippen molar-refractivity contribution in [2.75, 3.05) is 19.6 Å². The van der Waals surface area contributed by atoms with E-state index in [1.54, 1.807) is 0 Å². The number of hydrogen-bond acceptors (Lipinski definition) is 3. The van der Waals surface area contributed by atoms with Crippen LogP contribution in [0.1, 0.15) is 48.4 Å². The quantitative estimate of drug-likeness (QED) is 0.926. The Morgan fingerprint density at radius 3 is 2.76 bits per heavy atom. The Morgan fingerprint density at radius 1 is 1.43 bits per heavy atom. The Hall–Kier alpha value is -1.42. The van der Waals surface area contributed by atoms with Crippen molar-refractivity contribution in [3.63, 3.8) is 0 Å². The molecular weight excluding hydrogens is 262 g/mol. The molecule has 0 aliphatic carbocycles. The second-order valence-electron chi connectivity index (χ2n) is 6.35. The molecule has 1 aliphatic heterocycles. The van der Waals surface area contributed by atoms with Crippen molar-refractivity contribution < 1.29 is 4.79 Å². The standard InChI is InChI=1S/C17H27N3O/c1-12(2)20(11-15-6-5-9-18-10-15)17(21)16-8-7-13(3)19-14(16)4/h7-8,12,15,18H,5-6,9-11H2,1-4H3. The second-order valence-corrected chi connectivity index (χ2v) is 6.35. The molecule has 1 aliphatic rings. The minimum atomic E-state index is 0.112. The molecule has 1 aromatic heterocycles. The lowest BCUT2D eigenvalue weighted by Gasteiger charge is -2.33. The van der Waals surface area contributed by atoms with Crippen LogP contribution in [-0.4, -0.2) is 41.5 Å². The Labute approximate surface area is 127 Å². The van der Waals surface area contributed by atoms with E-state index in [2.05, 4.69) is 24.1 Å². The average Bonchev–Trinajstić information content (AvgIpc) is 2.45. The van der Waals surface area contributed by atoms with Gasteiger partial charge in [0.2, 0.25) is 0 Å². The maximum Gasteiger partial charge on any atom is 0.255 e. The molecule has 21 heavy (non-hydrogen) atoms. The third-order valence-corrected chi connectivity index (χ3v) is 4.19. The lowest BCUT2D eigenvalue weighted by atomic mass is 9.98. The van der Waals surface area contributed by atoms with E-state index in [0.29, 0.717) is 5.92 Å². The van der Waals surface area contributed by atoms with Gasteiger partial charge in [0.25, 0.3) is 5.91 Å². The molecule has 1 N–H and O–H groups in total. The number of pyridine rings is 1. The third-order valence-electron chi connectivity index (χ3n) is 4.19. The summed E-state index contributed by atoms with van der Waals surface area (Å²) in [5.41, 5.74) is 2.52. The molecule has 116 valence electrons.